The molecule has 0 bridgehead atoms. The first-order valence-corrected chi connectivity index (χ1v) is 11.1. The van der Waals surface area contributed by atoms with Crippen molar-refractivity contribution < 1.29 is 4.79 Å². The maximum absolute atomic E-state index is 13.0. The van der Waals surface area contributed by atoms with Gasteiger partial charge in [-0.15, -0.1) is 0 Å². The van der Waals surface area contributed by atoms with Crippen LogP contribution in [0.25, 0.3) is 11.4 Å². The Morgan fingerprint density at radius 3 is 2.53 bits per heavy atom. The van der Waals surface area contributed by atoms with Crippen molar-refractivity contribution in [2.45, 2.75) is 60.4 Å². The predicted octanol–water partition coefficient (Wildman–Crippen LogP) is 4.95. The van der Waals surface area contributed by atoms with Gasteiger partial charge in [-0.1, -0.05) is 58.0 Å². The predicted molar refractivity (Wildman–Crippen MR) is 123 cm³/mol. The molecule has 1 aliphatic rings. The Morgan fingerprint density at radius 1 is 1.20 bits per heavy atom. The quantitative estimate of drug-likeness (QED) is 0.679. The van der Waals surface area contributed by atoms with Crippen molar-refractivity contribution in [3.05, 3.63) is 41.6 Å². The second-order valence-corrected chi connectivity index (χ2v) is 9.82. The van der Waals surface area contributed by atoms with Crippen molar-refractivity contribution in [1.29, 1.82) is 0 Å². The molecular weight excluding hydrogens is 372 g/mol. The Morgan fingerprint density at radius 2 is 1.90 bits per heavy atom. The molecule has 30 heavy (non-hydrogen) atoms. The van der Waals surface area contributed by atoms with Gasteiger partial charge in [0.1, 0.15) is 5.82 Å². The summed E-state index contributed by atoms with van der Waals surface area (Å²) in [6.07, 6.45) is 2.44. The van der Waals surface area contributed by atoms with E-state index in [4.69, 9.17) is 9.97 Å². The molecule has 1 aliphatic heterocycles. The van der Waals surface area contributed by atoms with Gasteiger partial charge in [0.25, 0.3) is 0 Å². The maximum Gasteiger partial charge on any atom is 0.223 e. The average Bonchev–Trinajstić information content (AvgIpc) is 2.71. The molecule has 162 valence electrons. The zero-order valence-corrected chi connectivity index (χ0v) is 19.4. The van der Waals surface area contributed by atoms with Gasteiger partial charge >= 0.3 is 0 Å². The summed E-state index contributed by atoms with van der Waals surface area (Å²) in [7, 11) is 2.06. The fourth-order valence-corrected chi connectivity index (χ4v) is 4.34. The number of anilines is 1. The topological polar surface area (TPSA) is 49.3 Å². The van der Waals surface area contributed by atoms with Gasteiger partial charge in [-0.05, 0) is 24.7 Å². The van der Waals surface area contributed by atoms with Crippen LogP contribution in [0.1, 0.15) is 58.7 Å². The molecule has 1 atom stereocenters. The van der Waals surface area contributed by atoms with E-state index >= 15 is 0 Å². The van der Waals surface area contributed by atoms with E-state index in [0.29, 0.717) is 18.9 Å². The van der Waals surface area contributed by atoms with E-state index < -0.39 is 0 Å². The number of carbonyl (C=O) groups is 1. The van der Waals surface area contributed by atoms with Crippen LogP contribution in [0.5, 0.6) is 0 Å². The molecule has 1 aromatic carbocycles. The zero-order valence-electron chi connectivity index (χ0n) is 19.4. The van der Waals surface area contributed by atoms with Crippen LogP contribution in [0.15, 0.2) is 30.3 Å². The van der Waals surface area contributed by atoms with Crippen LogP contribution in [0.2, 0.25) is 0 Å². The molecule has 1 amide bonds. The Bertz CT molecular complexity index is 873. The molecule has 0 fully saturated rings. The van der Waals surface area contributed by atoms with Gasteiger partial charge in [0.05, 0.1) is 12.2 Å². The summed E-state index contributed by atoms with van der Waals surface area (Å²) in [6, 6.07) is 10.1. The number of benzene rings is 1. The van der Waals surface area contributed by atoms with Crippen LogP contribution in [0.3, 0.4) is 0 Å². The van der Waals surface area contributed by atoms with E-state index in [2.05, 4.69) is 46.6 Å². The summed E-state index contributed by atoms with van der Waals surface area (Å²) in [5.41, 5.74) is 3.45. The second-order valence-electron chi connectivity index (χ2n) is 9.82. The Kier molecular flexibility index (Phi) is 6.79. The minimum atomic E-state index is 0.243. The summed E-state index contributed by atoms with van der Waals surface area (Å²) in [5.74, 6) is 2.34. The number of aromatic nitrogens is 2. The summed E-state index contributed by atoms with van der Waals surface area (Å²) >= 11 is 0. The van der Waals surface area contributed by atoms with E-state index in [1.54, 1.807) is 0 Å². The molecule has 5 nitrogen and oxygen atoms in total. The minimum Gasteiger partial charge on any atom is -0.360 e. The van der Waals surface area contributed by atoms with Crippen molar-refractivity contribution >= 4 is 11.7 Å². The van der Waals surface area contributed by atoms with Crippen molar-refractivity contribution in [3.8, 4) is 11.4 Å². The first kappa shape index (κ1) is 22.3. The summed E-state index contributed by atoms with van der Waals surface area (Å²) in [6.45, 7) is 13.2. The van der Waals surface area contributed by atoms with Crippen LogP contribution in [0.4, 0.5) is 5.82 Å². The summed E-state index contributed by atoms with van der Waals surface area (Å²) in [5, 5.41) is 0. The molecule has 1 aromatic heterocycles. The molecule has 0 unspecified atom stereocenters. The summed E-state index contributed by atoms with van der Waals surface area (Å²) in [4.78, 5) is 27.0. The second kappa shape index (κ2) is 9.15. The number of rotatable bonds is 6. The van der Waals surface area contributed by atoms with Crippen molar-refractivity contribution in [2.24, 2.45) is 11.3 Å². The number of amides is 1. The molecule has 3 rings (SSSR count). The molecule has 0 N–H and O–H groups in total. The first-order valence-electron chi connectivity index (χ1n) is 11.1. The van der Waals surface area contributed by atoms with Crippen molar-refractivity contribution in [3.63, 3.8) is 0 Å². The highest BCUT2D eigenvalue weighted by Crippen LogP contribution is 2.31. The number of carbonyl (C=O) groups excluding carboxylic acids is 1. The van der Waals surface area contributed by atoms with Gasteiger partial charge in [-0.3, -0.25) is 4.79 Å². The molecule has 0 saturated heterocycles. The zero-order chi connectivity index (χ0) is 21.9. The SMILES string of the molecule is CCN(C)c1nc(-c2ccccc2)nc2c1CN(C(=O)C[C@@H](C)CC(C)(C)C)CC2. The van der Waals surface area contributed by atoms with Crippen LogP contribution in [-0.4, -0.2) is 40.9 Å². The standard InChI is InChI=1S/C25H36N4O/c1-7-28(6)24-20-17-29(22(30)15-18(2)16-25(3,4)5)14-13-21(20)26-23(27-24)19-11-9-8-10-12-19/h8-12,18H,7,13-17H2,1-6H3/t18-/m1/s1. The molecule has 0 radical (unpaired) electrons. The van der Waals surface area contributed by atoms with E-state index in [1.165, 1.54) is 0 Å². The fraction of sp³-hybridized carbons (Fsp3) is 0.560. The number of nitrogens with zero attached hydrogens (tertiary/aromatic N) is 4. The van der Waals surface area contributed by atoms with Crippen LogP contribution in [-0.2, 0) is 17.8 Å². The Labute approximate surface area is 181 Å². The Hall–Kier alpha value is -2.43. The first-order chi connectivity index (χ1) is 14.2. The third kappa shape index (κ3) is 5.38. The molecule has 0 aliphatic carbocycles. The van der Waals surface area contributed by atoms with Gasteiger partial charge in [0.15, 0.2) is 5.82 Å². The highest BCUT2D eigenvalue weighted by Gasteiger charge is 2.28. The van der Waals surface area contributed by atoms with Crippen LogP contribution < -0.4 is 4.90 Å². The van der Waals surface area contributed by atoms with Crippen LogP contribution >= 0.6 is 0 Å². The highest BCUT2D eigenvalue weighted by atomic mass is 16.2. The van der Waals surface area contributed by atoms with Crippen LogP contribution in [0, 0.1) is 11.3 Å². The van der Waals surface area contributed by atoms with Gasteiger partial charge < -0.3 is 9.80 Å². The lowest BCUT2D eigenvalue weighted by Crippen LogP contribution is -2.38. The molecule has 0 saturated carbocycles. The minimum absolute atomic E-state index is 0.243. The van der Waals surface area contributed by atoms with E-state index in [0.717, 1.165) is 54.4 Å². The number of hydrogen-bond donors (Lipinski definition) is 0. The van der Waals surface area contributed by atoms with Gasteiger partial charge in [0.2, 0.25) is 5.91 Å². The summed E-state index contributed by atoms with van der Waals surface area (Å²) < 4.78 is 0. The molecule has 2 heterocycles. The smallest absolute Gasteiger partial charge is 0.223 e. The molecule has 5 heteroatoms. The lowest BCUT2D eigenvalue weighted by atomic mass is 9.84. The van der Waals surface area contributed by atoms with Gasteiger partial charge in [-0.2, -0.15) is 0 Å². The highest BCUT2D eigenvalue weighted by molar-refractivity contribution is 5.77. The van der Waals surface area contributed by atoms with Crippen molar-refractivity contribution in [1.82, 2.24) is 14.9 Å². The largest absolute Gasteiger partial charge is 0.360 e. The van der Waals surface area contributed by atoms with E-state index in [1.807, 2.05) is 35.2 Å². The monoisotopic (exact) mass is 408 g/mol. The van der Waals surface area contributed by atoms with E-state index in [9.17, 15) is 4.79 Å². The maximum atomic E-state index is 13.0. The number of hydrogen-bond acceptors (Lipinski definition) is 4. The van der Waals surface area contributed by atoms with Gasteiger partial charge in [-0.25, -0.2) is 9.97 Å². The third-order valence-electron chi connectivity index (χ3n) is 5.74. The average molecular weight is 409 g/mol. The van der Waals surface area contributed by atoms with Gasteiger partial charge in [0, 0.05) is 44.1 Å². The lowest BCUT2D eigenvalue weighted by molar-refractivity contribution is -0.133. The number of fused-ring (bicyclic) bond motifs is 1. The lowest BCUT2D eigenvalue weighted by Gasteiger charge is -2.33. The van der Waals surface area contributed by atoms with Crippen molar-refractivity contribution in [2.75, 3.05) is 25.0 Å². The van der Waals surface area contributed by atoms with E-state index in [-0.39, 0.29) is 11.3 Å². The normalized spacial score (nSPS) is 14.9. The Balaban J connectivity index is 1.84. The molecular formula is C25H36N4O. The fourth-order valence-electron chi connectivity index (χ4n) is 4.34. The molecule has 0 spiro atoms. The third-order valence-corrected chi connectivity index (χ3v) is 5.74. The molecule has 2 aromatic rings.